The molecule has 0 radical (unpaired) electrons. The van der Waals surface area contributed by atoms with E-state index in [4.69, 9.17) is 0 Å². The first-order chi connectivity index (χ1) is 16.7. The van der Waals surface area contributed by atoms with E-state index >= 15 is 0 Å². The van der Waals surface area contributed by atoms with Crippen LogP contribution in [0.2, 0.25) is 0 Å². The molecule has 0 saturated carbocycles. The largest absolute Gasteiger partial charge is 0.330 e. The number of sulfonamides is 1. The van der Waals surface area contributed by atoms with Crippen LogP contribution < -0.4 is 0 Å². The standard InChI is InChI=1S/C24H24FN3O5S2/c1-2-13-26(35(32,33)20-9-7-19(8-10-20)28(30)31)16-23(29)27-14-11-22-21(12-15-34-22)24(27)17-3-5-18(25)6-4-17/h3-10,12,15,24H,2,11,13-14,16H2,1H3. The van der Waals surface area contributed by atoms with Gasteiger partial charge in [0.2, 0.25) is 15.9 Å². The number of hydrogen-bond acceptors (Lipinski definition) is 6. The number of nitrogens with zero attached hydrogens (tertiary/aromatic N) is 3. The number of non-ortho nitro benzene ring substituents is 1. The smallest absolute Gasteiger partial charge is 0.269 e. The van der Waals surface area contributed by atoms with E-state index in [1.165, 1.54) is 24.3 Å². The highest BCUT2D eigenvalue weighted by atomic mass is 32.2. The van der Waals surface area contributed by atoms with Crippen LogP contribution in [0, 0.1) is 15.9 Å². The SMILES string of the molecule is CCCN(CC(=O)N1CCc2sccc2C1c1ccc(F)cc1)S(=O)(=O)c1ccc([N+](=O)[O-])cc1. The van der Waals surface area contributed by atoms with Gasteiger partial charge >= 0.3 is 0 Å². The molecular formula is C24H24FN3O5S2. The van der Waals surface area contributed by atoms with E-state index in [1.807, 2.05) is 18.4 Å². The van der Waals surface area contributed by atoms with Gasteiger partial charge < -0.3 is 4.90 Å². The first-order valence-electron chi connectivity index (χ1n) is 11.1. The molecule has 35 heavy (non-hydrogen) atoms. The summed E-state index contributed by atoms with van der Waals surface area (Å²) in [6.45, 7) is 1.96. The zero-order chi connectivity index (χ0) is 25.2. The maximum absolute atomic E-state index is 13.6. The van der Waals surface area contributed by atoms with Crippen LogP contribution in [0.15, 0.2) is 64.9 Å². The number of nitro groups is 1. The van der Waals surface area contributed by atoms with Crippen LogP contribution in [-0.2, 0) is 21.2 Å². The minimum absolute atomic E-state index is 0.113. The fourth-order valence-corrected chi connectivity index (χ4v) is 6.64. The number of hydrogen-bond donors (Lipinski definition) is 0. The van der Waals surface area contributed by atoms with Crippen molar-refractivity contribution >= 4 is 33.0 Å². The Kier molecular flexibility index (Phi) is 7.29. The number of carbonyl (C=O) groups is 1. The van der Waals surface area contributed by atoms with Crippen molar-refractivity contribution in [1.29, 1.82) is 0 Å². The van der Waals surface area contributed by atoms with Crippen LogP contribution in [0.1, 0.15) is 35.4 Å². The molecule has 1 aliphatic heterocycles. The Morgan fingerprint density at radius 3 is 2.49 bits per heavy atom. The van der Waals surface area contributed by atoms with Crippen LogP contribution in [0.5, 0.6) is 0 Å². The van der Waals surface area contributed by atoms with Crippen molar-refractivity contribution in [2.45, 2.75) is 30.7 Å². The molecule has 0 spiro atoms. The number of carbonyl (C=O) groups excluding carboxylic acids is 1. The second-order valence-corrected chi connectivity index (χ2v) is 11.1. The van der Waals surface area contributed by atoms with Crippen LogP contribution in [0.25, 0.3) is 0 Å². The van der Waals surface area contributed by atoms with Gasteiger partial charge in [0.05, 0.1) is 22.4 Å². The van der Waals surface area contributed by atoms with Gasteiger partial charge in [0, 0.05) is 30.1 Å². The quantitative estimate of drug-likeness (QED) is 0.326. The van der Waals surface area contributed by atoms with Gasteiger partial charge in [0.1, 0.15) is 5.82 Å². The number of amides is 1. The summed E-state index contributed by atoms with van der Waals surface area (Å²) in [6.07, 6.45) is 1.13. The first-order valence-corrected chi connectivity index (χ1v) is 13.4. The Morgan fingerprint density at radius 1 is 1.17 bits per heavy atom. The molecule has 0 fully saturated rings. The number of thiophene rings is 1. The summed E-state index contributed by atoms with van der Waals surface area (Å²) < 4.78 is 41.3. The molecule has 3 aromatic rings. The monoisotopic (exact) mass is 517 g/mol. The fourth-order valence-electron chi connectivity index (χ4n) is 4.25. The van der Waals surface area contributed by atoms with Crippen LogP contribution >= 0.6 is 11.3 Å². The molecule has 4 rings (SSSR count). The molecule has 1 atom stereocenters. The van der Waals surface area contributed by atoms with Gasteiger partial charge in [0.25, 0.3) is 5.69 Å². The number of rotatable bonds is 8. The number of halogens is 1. The van der Waals surface area contributed by atoms with Crippen molar-refractivity contribution in [2.24, 2.45) is 0 Å². The Hall–Kier alpha value is -3.15. The Labute approximate surface area is 206 Å². The summed E-state index contributed by atoms with van der Waals surface area (Å²) in [5.41, 5.74) is 1.49. The summed E-state index contributed by atoms with van der Waals surface area (Å²) in [4.78, 5) is 26.6. The third kappa shape index (κ3) is 5.12. The lowest BCUT2D eigenvalue weighted by atomic mass is 9.93. The molecule has 1 aromatic heterocycles. The van der Waals surface area contributed by atoms with Crippen molar-refractivity contribution < 1.29 is 22.5 Å². The average Bonchev–Trinajstić information content (AvgIpc) is 3.32. The lowest BCUT2D eigenvalue weighted by Crippen LogP contribution is -2.46. The Balaban J connectivity index is 1.63. The van der Waals surface area contributed by atoms with Crippen LogP contribution in [0.4, 0.5) is 10.1 Å². The van der Waals surface area contributed by atoms with Gasteiger partial charge in [-0.2, -0.15) is 4.31 Å². The number of fused-ring (bicyclic) bond motifs is 1. The number of nitro benzene ring substituents is 1. The summed E-state index contributed by atoms with van der Waals surface area (Å²) in [5.74, 6) is -0.744. The normalized spacial score (nSPS) is 15.7. The molecule has 1 unspecified atom stereocenters. The average molecular weight is 518 g/mol. The maximum atomic E-state index is 13.6. The second-order valence-electron chi connectivity index (χ2n) is 8.18. The molecule has 0 saturated heterocycles. The van der Waals surface area contributed by atoms with E-state index in [-0.39, 0.29) is 35.4 Å². The maximum Gasteiger partial charge on any atom is 0.269 e. The van der Waals surface area contributed by atoms with Crippen molar-refractivity contribution in [1.82, 2.24) is 9.21 Å². The van der Waals surface area contributed by atoms with Crippen molar-refractivity contribution in [3.05, 3.63) is 91.9 Å². The zero-order valence-electron chi connectivity index (χ0n) is 19.0. The highest BCUT2D eigenvalue weighted by Crippen LogP contribution is 2.38. The Bertz CT molecular complexity index is 1320. The van der Waals surface area contributed by atoms with E-state index in [1.54, 1.807) is 28.4 Å². The number of benzene rings is 2. The topological polar surface area (TPSA) is 101 Å². The molecule has 0 bridgehead atoms. The first kappa shape index (κ1) is 25.0. The predicted molar refractivity (Wildman–Crippen MR) is 130 cm³/mol. The van der Waals surface area contributed by atoms with Crippen LogP contribution in [0.3, 0.4) is 0 Å². The van der Waals surface area contributed by atoms with Gasteiger partial charge in [-0.1, -0.05) is 19.1 Å². The highest BCUT2D eigenvalue weighted by Gasteiger charge is 2.35. The van der Waals surface area contributed by atoms with Gasteiger partial charge in [-0.3, -0.25) is 14.9 Å². The Morgan fingerprint density at radius 2 is 1.86 bits per heavy atom. The molecule has 1 aliphatic rings. The third-order valence-corrected chi connectivity index (χ3v) is 8.80. The molecule has 0 aliphatic carbocycles. The van der Waals surface area contributed by atoms with Crippen molar-refractivity contribution in [3.8, 4) is 0 Å². The minimum Gasteiger partial charge on any atom is -0.330 e. The molecule has 184 valence electrons. The summed E-state index contributed by atoms with van der Waals surface area (Å²) >= 11 is 1.60. The van der Waals surface area contributed by atoms with E-state index in [9.17, 15) is 27.7 Å². The predicted octanol–water partition coefficient (Wildman–Crippen LogP) is 4.37. The summed E-state index contributed by atoms with van der Waals surface area (Å²) in [5, 5.41) is 12.9. The summed E-state index contributed by atoms with van der Waals surface area (Å²) in [7, 11) is -4.06. The fraction of sp³-hybridized carbons (Fsp3) is 0.292. The minimum atomic E-state index is -4.06. The van der Waals surface area contributed by atoms with Gasteiger partial charge in [-0.05, 0) is 59.7 Å². The summed E-state index contributed by atoms with van der Waals surface area (Å²) in [6, 6.07) is 12.1. The second kappa shape index (κ2) is 10.2. The lowest BCUT2D eigenvalue weighted by Gasteiger charge is -2.37. The van der Waals surface area contributed by atoms with E-state index in [0.29, 0.717) is 19.4 Å². The van der Waals surface area contributed by atoms with E-state index in [0.717, 1.165) is 32.4 Å². The molecule has 11 heteroatoms. The van der Waals surface area contributed by atoms with E-state index < -0.39 is 21.0 Å². The third-order valence-electron chi connectivity index (χ3n) is 5.94. The van der Waals surface area contributed by atoms with Gasteiger partial charge in [0.15, 0.2) is 0 Å². The van der Waals surface area contributed by atoms with Crippen LogP contribution in [-0.4, -0.2) is 48.1 Å². The molecule has 1 amide bonds. The molecule has 0 N–H and O–H groups in total. The molecular weight excluding hydrogens is 493 g/mol. The lowest BCUT2D eigenvalue weighted by molar-refractivity contribution is -0.384. The van der Waals surface area contributed by atoms with Crippen molar-refractivity contribution in [2.75, 3.05) is 19.6 Å². The molecule has 2 aromatic carbocycles. The van der Waals surface area contributed by atoms with E-state index in [2.05, 4.69) is 0 Å². The van der Waals surface area contributed by atoms with Gasteiger partial charge in [-0.25, -0.2) is 12.8 Å². The van der Waals surface area contributed by atoms with Crippen molar-refractivity contribution in [3.63, 3.8) is 0 Å². The van der Waals surface area contributed by atoms with Gasteiger partial charge in [-0.15, -0.1) is 11.3 Å². The molecule has 2 heterocycles. The molecule has 8 nitrogen and oxygen atoms in total. The highest BCUT2D eigenvalue weighted by molar-refractivity contribution is 7.89. The zero-order valence-corrected chi connectivity index (χ0v) is 20.6.